The number of allylic oxidation sites excluding steroid dienone is 4. The van der Waals surface area contributed by atoms with E-state index in [0.717, 1.165) is 25.7 Å². The summed E-state index contributed by atoms with van der Waals surface area (Å²) in [6.07, 6.45) is 14.7. The van der Waals surface area contributed by atoms with Gasteiger partial charge >= 0.3 is 5.97 Å². The number of esters is 1. The maximum Gasteiger partial charge on any atom is 0.311 e. The number of unbranched alkanes of at least 4 members (excludes halogenated alkanes) is 2. The molecule has 3 aliphatic carbocycles. The number of ether oxygens (including phenoxy) is 1. The molecule has 3 aliphatic rings. The minimum atomic E-state index is -0.288. The zero-order chi connectivity index (χ0) is 26.9. The summed E-state index contributed by atoms with van der Waals surface area (Å²) in [7, 11) is 1.55. The lowest BCUT2D eigenvalue weighted by atomic mass is 9.46. The van der Waals surface area contributed by atoms with Crippen molar-refractivity contribution in [3.63, 3.8) is 0 Å². The summed E-state index contributed by atoms with van der Waals surface area (Å²) in [5.74, 6) is 1.14. The fourth-order valence-electron chi connectivity index (χ4n) is 6.40. The number of fused-ring (bicyclic) bond motifs is 3. The van der Waals surface area contributed by atoms with E-state index >= 15 is 0 Å². The molecule has 0 spiro atoms. The Bertz CT molecular complexity index is 609. The normalized spacial score (nSPS) is 28.7. The van der Waals surface area contributed by atoms with E-state index in [4.69, 9.17) is 4.74 Å². The Morgan fingerprint density at radius 3 is 1.94 bits per heavy atom. The lowest BCUT2D eigenvalue weighted by molar-refractivity contribution is -0.168. The molecule has 202 valence electrons. The van der Waals surface area contributed by atoms with Gasteiger partial charge in [0.05, 0.1) is 12.5 Å². The summed E-state index contributed by atoms with van der Waals surface area (Å²) in [6.45, 7) is 25.5. The number of rotatable bonds is 3. The quantitative estimate of drug-likeness (QED) is 0.377. The third-order valence-corrected chi connectivity index (χ3v) is 8.01. The predicted molar refractivity (Wildman–Crippen MR) is 153 cm³/mol. The summed E-state index contributed by atoms with van der Waals surface area (Å²) in [6, 6.07) is 0. The summed E-state index contributed by atoms with van der Waals surface area (Å²) in [5, 5.41) is 0. The molecule has 4 atom stereocenters. The van der Waals surface area contributed by atoms with E-state index in [0.29, 0.717) is 11.8 Å². The van der Waals surface area contributed by atoms with Gasteiger partial charge in [-0.05, 0) is 82.1 Å². The molecule has 0 aromatic carbocycles. The lowest BCUT2D eigenvalue weighted by Gasteiger charge is -2.58. The van der Waals surface area contributed by atoms with Crippen LogP contribution in [0.5, 0.6) is 0 Å². The molecule has 2 saturated carbocycles. The first-order chi connectivity index (χ1) is 16.2. The predicted octanol–water partition coefficient (Wildman–Crippen LogP) is 10.7. The van der Waals surface area contributed by atoms with Crippen molar-refractivity contribution >= 4 is 5.97 Å². The van der Waals surface area contributed by atoms with Crippen molar-refractivity contribution in [2.24, 2.45) is 22.7 Å². The fourth-order valence-corrected chi connectivity index (χ4v) is 6.40. The van der Waals surface area contributed by atoms with Gasteiger partial charge in [0.1, 0.15) is 0 Å². The molecule has 0 unspecified atom stereocenters. The smallest absolute Gasteiger partial charge is 0.311 e. The third-order valence-electron chi connectivity index (χ3n) is 8.01. The Hall–Kier alpha value is -1.05. The SMILES string of the molecule is CC.CC.CC.CCCCC.COC(=O)[C@]1(C)CCC[C@@]2(C)[C@H]1CCC1=CC(=C(C)C)CC[C@@H]12. The topological polar surface area (TPSA) is 26.3 Å². The van der Waals surface area contributed by atoms with Crippen LogP contribution in [0.3, 0.4) is 0 Å². The maximum atomic E-state index is 12.5. The molecule has 2 fully saturated rings. The van der Waals surface area contributed by atoms with E-state index in [2.05, 4.69) is 47.6 Å². The van der Waals surface area contributed by atoms with Crippen molar-refractivity contribution < 1.29 is 9.53 Å². The molecule has 2 heteroatoms. The molecule has 0 bridgehead atoms. The zero-order valence-electron chi connectivity index (χ0n) is 25.6. The van der Waals surface area contributed by atoms with Crippen LogP contribution in [-0.2, 0) is 9.53 Å². The second kappa shape index (κ2) is 18.3. The summed E-state index contributed by atoms with van der Waals surface area (Å²) >= 11 is 0. The van der Waals surface area contributed by atoms with Crippen molar-refractivity contribution in [2.75, 3.05) is 7.11 Å². The van der Waals surface area contributed by atoms with Crippen LogP contribution in [0.1, 0.15) is 147 Å². The van der Waals surface area contributed by atoms with Gasteiger partial charge in [-0.25, -0.2) is 0 Å². The molecular formula is C32H62O2. The Labute approximate surface area is 215 Å². The van der Waals surface area contributed by atoms with Crippen molar-refractivity contribution in [3.8, 4) is 0 Å². The molecule has 0 radical (unpaired) electrons. The van der Waals surface area contributed by atoms with Crippen LogP contribution in [0, 0.1) is 22.7 Å². The second-order valence-corrected chi connectivity index (χ2v) is 10.0. The highest BCUT2D eigenvalue weighted by Gasteiger charge is 2.58. The Kier molecular flexibility index (Phi) is 18.8. The van der Waals surface area contributed by atoms with Crippen LogP contribution in [0.15, 0.2) is 22.8 Å². The highest BCUT2D eigenvalue weighted by atomic mass is 16.5. The van der Waals surface area contributed by atoms with Crippen LogP contribution in [-0.4, -0.2) is 13.1 Å². The van der Waals surface area contributed by atoms with Gasteiger partial charge in [0.25, 0.3) is 0 Å². The maximum absolute atomic E-state index is 12.5. The highest BCUT2D eigenvalue weighted by Crippen LogP contribution is 2.63. The van der Waals surface area contributed by atoms with Crippen LogP contribution in [0.4, 0.5) is 0 Å². The van der Waals surface area contributed by atoms with E-state index in [1.807, 2.05) is 41.5 Å². The molecule has 0 amide bonds. The molecule has 3 rings (SSSR count). The minimum absolute atomic E-state index is 0.0154. The highest BCUT2D eigenvalue weighted by molar-refractivity contribution is 5.77. The van der Waals surface area contributed by atoms with Crippen molar-refractivity contribution in [1.29, 1.82) is 0 Å². The Morgan fingerprint density at radius 2 is 1.50 bits per heavy atom. The van der Waals surface area contributed by atoms with E-state index in [9.17, 15) is 4.79 Å². The molecule has 0 aromatic rings. The largest absolute Gasteiger partial charge is 0.469 e. The van der Waals surface area contributed by atoms with Gasteiger partial charge in [-0.1, -0.05) is 105 Å². The van der Waals surface area contributed by atoms with Gasteiger partial charge in [0.2, 0.25) is 0 Å². The third kappa shape index (κ3) is 8.56. The summed E-state index contributed by atoms with van der Waals surface area (Å²) in [4.78, 5) is 12.5. The average Bonchev–Trinajstić information content (AvgIpc) is 2.87. The van der Waals surface area contributed by atoms with E-state index in [1.54, 1.807) is 18.3 Å². The second-order valence-electron chi connectivity index (χ2n) is 10.0. The van der Waals surface area contributed by atoms with E-state index in [1.165, 1.54) is 44.1 Å². The first-order valence-corrected chi connectivity index (χ1v) is 14.7. The molecule has 34 heavy (non-hydrogen) atoms. The average molecular weight is 479 g/mol. The van der Waals surface area contributed by atoms with E-state index in [-0.39, 0.29) is 16.8 Å². The molecule has 0 aromatic heterocycles. The van der Waals surface area contributed by atoms with Crippen LogP contribution < -0.4 is 0 Å². The number of hydrogen-bond acceptors (Lipinski definition) is 2. The number of hydrogen-bond donors (Lipinski definition) is 0. The van der Waals surface area contributed by atoms with Crippen molar-refractivity contribution in [1.82, 2.24) is 0 Å². The zero-order valence-corrected chi connectivity index (χ0v) is 25.6. The number of methoxy groups -OCH3 is 1. The number of carbonyl (C=O) groups is 1. The number of carbonyl (C=O) groups excluding carboxylic acids is 1. The molecular weight excluding hydrogens is 416 g/mol. The van der Waals surface area contributed by atoms with Crippen molar-refractivity contribution in [2.45, 2.75) is 147 Å². The Balaban J connectivity index is 0. The molecule has 2 nitrogen and oxygen atoms in total. The van der Waals surface area contributed by atoms with Gasteiger partial charge < -0.3 is 4.74 Å². The lowest BCUT2D eigenvalue weighted by Crippen LogP contribution is -2.54. The first kappa shape index (κ1) is 35.1. The van der Waals surface area contributed by atoms with Crippen molar-refractivity contribution in [3.05, 3.63) is 22.8 Å². The summed E-state index contributed by atoms with van der Waals surface area (Å²) in [5.41, 5.74) is 4.64. The summed E-state index contributed by atoms with van der Waals surface area (Å²) < 4.78 is 5.21. The minimum Gasteiger partial charge on any atom is -0.469 e. The van der Waals surface area contributed by atoms with Gasteiger partial charge in [-0.3, -0.25) is 4.79 Å². The standard InChI is InChI=1S/C21H32O2.C5H12.3C2H6/c1-14(2)15-7-9-17-16(13-15)8-10-18-20(17,3)11-6-12-21(18,4)19(22)23-5;1-3-5-4-2;3*1-2/h13,17-18H,6-12H2,1-5H3;3-5H2,1-2H3;3*1-2H3/t17-,18+,20+,21+;;;;/m0..../s1. The molecule has 0 heterocycles. The fraction of sp³-hybridized carbons (Fsp3) is 0.844. The molecule has 0 N–H and O–H groups in total. The molecule has 0 saturated heterocycles. The first-order valence-electron chi connectivity index (χ1n) is 14.7. The molecule has 0 aliphatic heterocycles. The Morgan fingerprint density at radius 1 is 0.941 bits per heavy atom. The van der Waals surface area contributed by atoms with Crippen LogP contribution >= 0.6 is 0 Å². The van der Waals surface area contributed by atoms with Crippen LogP contribution in [0.2, 0.25) is 0 Å². The monoisotopic (exact) mass is 478 g/mol. The van der Waals surface area contributed by atoms with Gasteiger partial charge in [-0.2, -0.15) is 0 Å². The van der Waals surface area contributed by atoms with Gasteiger partial charge in [0.15, 0.2) is 0 Å². The van der Waals surface area contributed by atoms with Crippen LogP contribution in [0.25, 0.3) is 0 Å². The van der Waals surface area contributed by atoms with E-state index < -0.39 is 0 Å². The van der Waals surface area contributed by atoms with Gasteiger partial charge in [0, 0.05) is 0 Å². The van der Waals surface area contributed by atoms with Gasteiger partial charge in [-0.15, -0.1) is 0 Å².